The summed E-state index contributed by atoms with van der Waals surface area (Å²) in [4.78, 5) is 12.3. The molecule has 0 saturated heterocycles. The van der Waals surface area contributed by atoms with Crippen LogP contribution in [-0.2, 0) is 17.4 Å². The first kappa shape index (κ1) is 20.0. The van der Waals surface area contributed by atoms with Gasteiger partial charge in [-0.05, 0) is 49.1 Å². The fraction of sp³-hybridized carbons (Fsp3) is 0.611. The van der Waals surface area contributed by atoms with Gasteiger partial charge in [0.25, 0.3) is 0 Å². The molecule has 25 heavy (non-hydrogen) atoms. The summed E-state index contributed by atoms with van der Waals surface area (Å²) in [5.74, 6) is 0.600. The molecule has 1 aromatic rings. The monoisotopic (exact) mass is 376 g/mol. The third kappa shape index (κ3) is 4.88. The predicted molar refractivity (Wildman–Crippen MR) is 92.4 cm³/mol. The number of alkyl halides is 3. The molecule has 140 valence electrons. The Morgan fingerprint density at radius 3 is 2.44 bits per heavy atom. The fourth-order valence-electron chi connectivity index (χ4n) is 4.30. The molecular formula is C18H24ClF3N2O. The van der Waals surface area contributed by atoms with Gasteiger partial charge in [-0.15, -0.1) is 12.4 Å². The molecule has 1 amide bonds. The largest absolute Gasteiger partial charge is 0.416 e. The van der Waals surface area contributed by atoms with Crippen LogP contribution in [0.5, 0.6) is 0 Å². The highest BCUT2D eigenvalue weighted by Crippen LogP contribution is 2.39. The van der Waals surface area contributed by atoms with Crippen LogP contribution in [0.2, 0.25) is 0 Å². The summed E-state index contributed by atoms with van der Waals surface area (Å²) in [6, 6.07) is 5.31. The normalized spacial score (nSPS) is 28.8. The number of carbonyl (C=O) groups excluding carboxylic acids is 1. The van der Waals surface area contributed by atoms with E-state index in [0.717, 1.165) is 37.8 Å². The summed E-state index contributed by atoms with van der Waals surface area (Å²) in [5, 5.41) is 3.07. The minimum absolute atomic E-state index is 0. The maximum absolute atomic E-state index is 12.8. The Morgan fingerprint density at radius 2 is 1.84 bits per heavy atom. The number of nitrogens with one attached hydrogen (secondary N) is 1. The standard InChI is InChI=1S/C18H23F3N2O.ClH/c19-18(20,21)14-6-1-3-11(7-14)8-16(24)23-17-12-4-2-5-13(17)10-15(22)9-12;/h1,3,6-7,12-13,15,17H,2,4-5,8-10,22H2,(H,23,24);1H. The van der Waals surface area contributed by atoms with Crippen molar-refractivity contribution in [1.82, 2.24) is 5.32 Å². The van der Waals surface area contributed by atoms with E-state index in [4.69, 9.17) is 5.73 Å². The maximum Gasteiger partial charge on any atom is 0.416 e. The van der Waals surface area contributed by atoms with E-state index in [-0.39, 0.29) is 36.8 Å². The van der Waals surface area contributed by atoms with Crippen molar-refractivity contribution in [3.63, 3.8) is 0 Å². The molecule has 2 atom stereocenters. The fourth-order valence-corrected chi connectivity index (χ4v) is 4.30. The summed E-state index contributed by atoms with van der Waals surface area (Å²) in [6.45, 7) is 0. The van der Waals surface area contributed by atoms with E-state index in [0.29, 0.717) is 17.4 Å². The van der Waals surface area contributed by atoms with Crippen molar-refractivity contribution in [2.24, 2.45) is 17.6 Å². The first-order valence-electron chi connectivity index (χ1n) is 8.54. The van der Waals surface area contributed by atoms with Crippen molar-refractivity contribution in [1.29, 1.82) is 0 Å². The highest BCUT2D eigenvalue weighted by molar-refractivity contribution is 5.85. The summed E-state index contributed by atoms with van der Waals surface area (Å²) in [6.07, 6.45) is 0.740. The SMILES string of the molecule is Cl.NC1CC2CCCC(C1)C2NC(=O)Cc1cccc(C(F)(F)F)c1. The molecule has 2 unspecified atom stereocenters. The van der Waals surface area contributed by atoms with Gasteiger partial charge >= 0.3 is 6.18 Å². The van der Waals surface area contributed by atoms with Crippen molar-refractivity contribution >= 4 is 18.3 Å². The lowest BCUT2D eigenvalue weighted by Crippen LogP contribution is -2.54. The van der Waals surface area contributed by atoms with Crippen LogP contribution in [0, 0.1) is 11.8 Å². The molecule has 2 saturated carbocycles. The molecule has 0 radical (unpaired) electrons. The highest BCUT2D eigenvalue weighted by atomic mass is 35.5. The summed E-state index contributed by atoms with van der Waals surface area (Å²) in [5.41, 5.74) is 5.75. The third-order valence-electron chi connectivity index (χ3n) is 5.32. The van der Waals surface area contributed by atoms with Crippen LogP contribution < -0.4 is 11.1 Å². The Balaban J connectivity index is 0.00000225. The zero-order chi connectivity index (χ0) is 17.3. The van der Waals surface area contributed by atoms with E-state index in [1.165, 1.54) is 12.5 Å². The summed E-state index contributed by atoms with van der Waals surface area (Å²) in [7, 11) is 0. The van der Waals surface area contributed by atoms with Crippen LogP contribution in [-0.4, -0.2) is 18.0 Å². The van der Waals surface area contributed by atoms with E-state index >= 15 is 0 Å². The van der Waals surface area contributed by atoms with Crippen LogP contribution in [0.1, 0.15) is 43.2 Å². The van der Waals surface area contributed by atoms with Gasteiger partial charge in [-0.3, -0.25) is 4.79 Å². The molecule has 2 bridgehead atoms. The predicted octanol–water partition coefficient (Wildman–Crippen LogP) is 3.69. The number of hydrogen-bond acceptors (Lipinski definition) is 2. The maximum atomic E-state index is 12.8. The van der Waals surface area contributed by atoms with Gasteiger partial charge < -0.3 is 11.1 Å². The van der Waals surface area contributed by atoms with Crippen LogP contribution in [0.3, 0.4) is 0 Å². The van der Waals surface area contributed by atoms with E-state index in [1.807, 2.05) is 0 Å². The highest BCUT2D eigenvalue weighted by Gasteiger charge is 2.39. The van der Waals surface area contributed by atoms with Gasteiger partial charge in [0.05, 0.1) is 12.0 Å². The molecule has 1 aromatic carbocycles. The molecule has 2 fully saturated rings. The Hall–Kier alpha value is -1.27. The second kappa shape index (κ2) is 7.96. The van der Waals surface area contributed by atoms with Crippen LogP contribution >= 0.6 is 12.4 Å². The molecule has 0 aliphatic heterocycles. The lowest BCUT2D eigenvalue weighted by Gasteiger charge is -2.45. The number of rotatable bonds is 3. The summed E-state index contributed by atoms with van der Waals surface area (Å²) < 4.78 is 38.3. The van der Waals surface area contributed by atoms with Crippen LogP contribution in [0.4, 0.5) is 13.2 Å². The molecule has 0 spiro atoms. The lowest BCUT2D eigenvalue weighted by atomic mass is 9.67. The van der Waals surface area contributed by atoms with E-state index in [2.05, 4.69) is 5.32 Å². The third-order valence-corrected chi connectivity index (χ3v) is 5.32. The van der Waals surface area contributed by atoms with Crippen molar-refractivity contribution in [2.45, 2.75) is 56.8 Å². The smallest absolute Gasteiger partial charge is 0.353 e. The van der Waals surface area contributed by atoms with Crippen molar-refractivity contribution in [2.75, 3.05) is 0 Å². The van der Waals surface area contributed by atoms with Gasteiger partial charge in [-0.25, -0.2) is 0 Å². The van der Waals surface area contributed by atoms with Crippen molar-refractivity contribution in [3.8, 4) is 0 Å². The number of fused-ring (bicyclic) bond motifs is 2. The lowest BCUT2D eigenvalue weighted by molar-refractivity contribution is -0.137. The number of carbonyl (C=O) groups is 1. The molecule has 3 rings (SSSR count). The second-order valence-corrected chi connectivity index (χ2v) is 7.15. The minimum Gasteiger partial charge on any atom is -0.353 e. The number of amides is 1. The van der Waals surface area contributed by atoms with Gasteiger partial charge in [0.2, 0.25) is 5.91 Å². The van der Waals surface area contributed by atoms with Crippen LogP contribution in [0.25, 0.3) is 0 Å². The average molecular weight is 377 g/mol. The van der Waals surface area contributed by atoms with Gasteiger partial charge in [0.15, 0.2) is 0 Å². The van der Waals surface area contributed by atoms with Gasteiger partial charge in [-0.2, -0.15) is 13.2 Å². The topological polar surface area (TPSA) is 55.1 Å². The second-order valence-electron chi connectivity index (χ2n) is 7.15. The molecule has 0 heterocycles. The number of benzene rings is 1. The Labute approximate surface area is 152 Å². The molecule has 3 N–H and O–H groups in total. The molecule has 2 aliphatic carbocycles. The molecule has 3 nitrogen and oxygen atoms in total. The van der Waals surface area contributed by atoms with Crippen molar-refractivity contribution in [3.05, 3.63) is 35.4 Å². The Bertz CT molecular complexity index is 594. The Morgan fingerprint density at radius 1 is 1.20 bits per heavy atom. The Kier molecular flexibility index (Phi) is 6.38. The first-order valence-corrected chi connectivity index (χ1v) is 8.54. The minimum atomic E-state index is -4.39. The quantitative estimate of drug-likeness (QED) is 0.845. The number of nitrogens with two attached hydrogens (primary N) is 1. The molecule has 2 aliphatic rings. The molecular weight excluding hydrogens is 353 g/mol. The van der Waals surface area contributed by atoms with E-state index < -0.39 is 11.7 Å². The van der Waals surface area contributed by atoms with Gasteiger partial charge in [0.1, 0.15) is 0 Å². The van der Waals surface area contributed by atoms with Gasteiger partial charge in [0, 0.05) is 12.1 Å². The molecule has 0 aromatic heterocycles. The van der Waals surface area contributed by atoms with Gasteiger partial charge in [-0.1, -0.05) is 24.6 Å². The first-order chi connectivity index (χ1) is 11.3. The molecule has 7 heteroatoms. The number of halogens is 4. The van der Waals surface area contributed by atoms with Crippen molar-refractivity contribution < 1.29 is 18.0 Å². The van der Waals surface area contributed by atoms with E-state index in [9.17, 15) is 18.0 Å². The summed E-state index contributed by atoms with van der Waals surface area (Å²) >= 11 is 0. The average Bonchev–Trinajstić information content (AvgIpc) is 2.47. The van der Waals surface area contributed by atoms with Crippen LogP contribution in [0.15, 0.2) is 24.3 Å². The zero-order valence-corrected chi connectivity index (χ0v) is 14.7. The van der Waals surface area contributed by atoms with E-state index in [1.54, 1.807) is 6.07 Å². The number of hydrogen-bond donors (Lipinski definition) is 2. The zero-order valence-electron chi connectivity index (χ0n) is 13.9.